The molecule has 0 N–H and O–H groups in total. The molecule has 1 radical (unpaired) electrons. The van der Waals surface area contributed by atoms with Crippen LogP contribution >= 0.6 is 0 Å². The van der Waals surface area contributed by atoms with E-state index in [1.54, 1.807) is 0 Å². The van der Waals surface area contributed by atoms with E-state index in [9.17, 15) is 8.87 Å². The highest BCUT2D eigenvalue weighted by Crippen LogP contribution is 2.12. The number of hydrogen-bond donors (Lipinski definition) is 0. The van der Waals surface area contributed by atoms with Crippen LogP contribution in [0.25, 0.3) is 0 Å². The summed E-state index contributed by atoms with van der Waals surface area (Å²) in [5.41, 5.74) is 0. The molecule has 0 aliphatic rings. The summed E-state index contributed by atoms with van der Waals surface area (Å²) in [4.78, 5) is -0.446. The largest absolute Gasteiger partial charge is 0.490 e. The molecule has 1 rings (SSSR count). The number of ether oxygens (including phenoxy) is 1. The predicted octanol–water partition coefficient (Wildman–Crippen LogP) is 0.564. The Bertz CT molecular complexity index is 210. The third-order valence-corrected chi connectivity index (χ3v) is 0.793. The molecule has 0 saturated carbocycles. The SMILES string of the molecule is COc1[c]nn(F)c1F. The van der Waals surface area contributed by atoms with Crippen molar-refractivity contribution in [3.8, 4) is 5.75 Å². The van der Waals surface area contributed by atoms with Gasteiger partial charge < -0.3 is 4.74 Å². The molecule has 0 amide bonds. The van der Waals surface area contributed by atoms with Crippen LogP contribution in [0.5, 0.6) is 5.75 Å². The van der Waals surface area contributed by atoms with Crippen molar-refractivity contribution in [3.05, 3.63) is 12.1 Å². The summed E-state index contributed by atoms with van der Waals surface area (Å²) in [5.74, 6) is -1.49. The highest BCUT2D eigenvalue weighted by molar-refractivity contribution is 5.11. The van der Waals surface area contributed by atoms with Crippen molar-refractivity contribution in [2.75, 3.05) is 7.11 Å². The molecule has 0 spiro atoms. The zero-order valence-electron chi connectivity index (χ0n) is 4.56. The lowest BCUT2D eigenvalue weighted by Crippen LogP contribution is -1.89. The summed E-state index contributed by atoms with van der Waals surface area (Å²) in [7, 11) is 1.20. The van der Waals surface area contributed by atoms with E-state index in [-0.39, 0.29) is 5.75 Å². The van der Waals surface area contributed by atoms with Gasteiger partial charge in [-0.15, -0.1) is 5.10 Å². The number of rotatable bonds is 1. The van der Waals surface area contributed by atoms with Crippen LogP contribution in [-0.4, -0.2) is 17.1 Å². The number of aromatic nitrogens is 2. The van der Waals surface area contributed by atoms with Crippen molar-refractivity contribution in [1.82, 2.24) is 10.0 Å². The van der Waals surface area contributed by atoms with Crippen molar-refractivity contribution in [3.63, 3.8) is 0 Å². The number of methoxy groups -OCH3 is 1. The molecule has 1 heterocycles. The van der Waals surface area contributed by atoms with E-state index in [4.69, 9.17) is 0 Å². The maximum absolute atomic E-state index is 12.1. The minimum Gasteiger partial charge on any atom is -0.490 e. The molecule has 0 aromatic carbocycles. The van der Waals surface area contributed by atoms with Crippen LogP contribution in [0.2, 0.25) is 0 Å². The molecule has 0 fully saturated rings. The predicted molar refractivity (Wildman–Crippen MR) is 24.1 cm³/mol. The Kier molecular flexibility index (Phi) is 1.33. The van der Waals surface area contributed by atoms with E-state index in [0.717, 1.165) is 0 Å². The third kappa shape index (κ3) is 0.847. The summed E-state index contributed by atoms with van der Waals surface area (Å²) in [6.07, 6.45) is 1.96. The second-order valence-corrected chi connectivity index (χ2v) is 1.30. The fourth-order valence-corrected chi connectivity index (χ4v) is 0.393. The first-order valence-electron chi connectivity index (χ1n) is 2.12. The van der Waals surface area contributed by atoms with Crippen molar-refractivity contribution in [1.29, 1.82) is 0 Å². The number of halogens is 2. The van der Waals surface area contributed by atoms with Gasteiger partial charge in [0, 0.05) is 0 Å². The van der Waals surface area contributed by atoms with E-state index in [1.165, 1.54) is 7.11 Å². The molecule has 1 aromatic rings. The monoisotopic (exact) mass is 133 g/mol. The van der Waals surface area contributed by atoms with Gasteiger partial charge in [-0.25, -0.2) is 0 Å². The molecule has 0 bridgehead atoms. The molecular weight excluding hydrogens is 130 g/mol. The summed E-state index contributed by atoms with van der Waals surface area (Å²) in [6, 6.07) is 0. The molecule has 0 aliphatic heterocycles. The van der Waals surface area contributed by atoms with Crippen LogP contribution in [0.4, 0.5) is 8.87 Å². The Hall–Kier alpha value is -1.13. The highest BCUT2D eigenvalue weighted by atomic mass is 19.2. The van der Waals surface area contributed by atoms with Crippen LogP contribution < -0.4 is 4.74 Å². The maximum atomic E-state index is 12.1. The van der Waals surface area contributed by atoms with Crippen LogP contribution in [-0.2, 0) is 0 Å². The molecule has 3 nitrogen and oxygen atoms in total. The van der Waals surface area contributed by atoms with Crippen molar-refractivity contribution >= 4 is 0 Å². The summed E-state index contributed by atoms with van der Waals surface area (Å²) in [5, 5.41) is 2.81. The van der Waals surface area contributed by atoms with Gasteiger partial charge in [0.25, 0.3) is 5.95 Å². The van der Waals surface area contributed by atoms with Gasteiger partial charge in [-0.1, -0.05) is 9.39 Å². The average Bonchev–Trinajstić information content (AvgIpc) is 2.15. The smallest absolute Gasteiger partial charge is 0.286 e. The van der Waals surface area contributed by atoms with Crippen LogP contribution in [0.3, 0.4) is 0 Å². The normalized spacial score (nSPS) is 9.67. The zero-order valence-corrected chi connectivity index (χ0v) is 4.56. The van der Waals surface area contributed by atoms with E-state index in [0.29, 0.717) is 0 Å². The summed E-state index contributed by atoms with van der Waals surface area (Å²) in [6.45, 7) is 0. The first kappa shape index (κ1) is 6.00. The van der Waals surface area contributed by atoms with Gasteiger partial charge >= 0.3 is 0 Å². The summed E-state index contributed by atoms with van der Waals surface area (Å²) >= 11 is 0. The minimum absolute atomic E-state index is 0.322. The Morgan fingerprint density at radius 2 is 2.44 bits per heavy atom. The quantitative estimate of drug-likeness (QED) is 0.559. The molecule has 5 heteroatoms. The molecule has 1 aromatic heterocycles. The van der Waals surface area contributed by atoms with Gasteiger partial charge in [0.2, 0.25) is 5.75 Å². The van der Waals surface area contributed by atoms with Gasteiger partial charge in [0.15, 0.2) is 6.20 Å². The van der Waals surface area contributed by atoms with Crippen molar-refractivity contribution < 1.29 is 13.6 Å². The van der Waals surface area contributed by atoms with Crippen LogP contribution in [0.1, 0.15) is 0 Å². The first-order chi connectivity index (χ1) is 4.25. The van der Waals surface area contributed by atoms with E-state index in [1.807, 2.05) is 6.20 Å². The molecule has 0 atom stereocenters. The topological polar surface area (TPSA) is 27.1 Å². The van der Waals surface area contributed by atoms with E-state index >= 15 is 0 Å². The van der Waals surface area contributed by atoms with Gasteiger partial charge in [0.05, 0.1) is 7.11 Å². The average molecular weight is 133 g/mol. The molecule has 9 heavy (non-hydrogen) atoms. The maximum Gasteiger partial charge on any atom is 0.286 e. The lowest BCUT2D eigenvalue weighted by molar-refractivity contribution is 0.245. The van der Waals surface area contributed by atoms with E-state index in [2.05, 4.69) is 9.84 Å². The molecule has 49 valence electrons. The lowest BCUT2D eigenvalue weighted by Gasteiger charge is -1.88. The van der Waals surface area contributed by atoms with E-state index < -0.39 is 10.9 Å². The standard InChI is InChI=1S/C4H3F2N2O/c1-9-3-2-7-8(6)4(3)5/h1H3. The molecule has 0 saturated heterocycles. The Morgan fingerprint density at radius 1 is 1.78 bits per heavy atom. The Labute approximate surface area is 49.8 Å². The van der Waals surface area contributed by atoms with Gasteiger partial charge in [-0.2, -0.15) is 4.39 Å². The highest BCUT2D eigenvalue weighted by Gasteiger charge is 2.09. The van der Waals surface area contributed by atoms with Crippen LogP contribution in [0.15, 0.2) is 0 Å². The minimum atomic E-state index is -1.17. The second-order valence-electron chi connectivity index (χ2n) is 1.30. The summed E-state index contributed by atoms with van der Waals surface area (Å²) < 4.78 is 28.3. The lowest BCUT2D eigenvalue weighted by atomic mass is 10.6. The van der Waals surface area contributed by atoms with Crippen molar-refractivity contribution in [2.24, 2.45) is 0 Å². The fourth-order valence-electron chi connectivity index (χ4n) is 0.393. The van der Waals surface area contributed by atoms with Crippen molar-refractivity contribution in [2.45, 2.75) is 0 Å². The van der Waals surface area contributed by atoms with Crippen LogP contribution in [0, 0.1) is 12.1 Å². The molecule has 0 aliphatic carbocycles. The zero-order chi connectivity index (χ0) is 6.85. The fraction of sp³-hybridized carbons (Fsp3) is 0.250. The Balaban J connectivity index is 3.04. The number of hydrogen-bond acceptors (Lipinski definition) is 2. The Morgan fingerprint density at radius 3 is 2.67 bits per heavy atom. The molecule has 0 unspecified atom stereocenters. The van der Waals surface area contributed by atoms with Gasteiger partial charge in [-0.3, -0.25) is 0 Å². The van der Waals surface area contributed by atoms with Gasteiger partial charge in [0.1, 0.15) is 0 Å². The number of nitrogens with zero attached hydrogens (tertiary/aromatic N) is 2. The second kappa shape index (κ2) is 2.00. The third-order valence-electron chi connectivity index (χ3n) is 0.793. The molecular formula is C4H3F2N2O. The first-order valence-corrected chi connectivity index (χ1v) is 2.12. The van der Waals surface area contributed by atoms with Gasteiger partial charge in [-0.05, 0) is 0 Å².